The molecule has 0 aromatic rings. The third kappa shape index (κ3) is 13.4. The highest BCUT2D eigenvalue weighted by atomic mass is 16.2. The van der Waals surface area contributed by atoms with Crippen LogP contribution < -0.4 is 0 Å². The molecule has 152 valence electrons. The van der Waals surface area contributed by atoms with Gasteiger partial charge in [0.2, 0.25) is 5.91 Å². The molecule has 0 N–H and O–H groups in total. The minimum Gasteiger partial charge on any atom is -0.339 e. The standard InChI is InChI=1S/C24H45NO/c1-2-3-4-5-6-7-8-9-10-11-12-13-14-15-16-17-18-21-24(26)25-22-19-20-23-25/h18,21H,2-17,19-20,22-23H2,1H3/b21-18+. The molecule has 0 aliphatic carbocycles. The molecule has 1 amide bonds. The second kappa shape index (κ2) is 17.6. The van der Waals surface area contributed by atoms with Crippen LogP contribution in [0.4, 0.5) is 0 Å². The zero-order valence-corrected chi connectivity index (χ0v) is 17.7. The second-order valence-electron chi connectivity index (χ2n) is 8.17. The van der Waals surface area contributed by atoms with E-state index in [0.29, 0.717) is 0 Å². The van der Waals surface area contributed by atoms with E-state index in [0.717, 1.165) is 19.5 Å². The Morgan fingerprint density at radius 1 is 0.692 bits per heavy atom. The van der Waals surface area contributed by atoms with Gasteiger partial charge in [0.15, 0.2) is 0 Å². The zero-order valence-electron chi connectivity index (χ0n) is 17.7. The van der Waals surface area contributed by atoms with E-state index in [9.17, 15) is 4.79 Å². The van der Waals surface area contributed by atoms with Gasteiger partial charge in [-0.15, -0.1) is 0 Å². The Bertz CT molecular complexity index is 344. The first-order chi connectivity index (χ1) is 12.8. The summed E-state index contributed by atoms with van der Waals surface area (Å²) in [4.78, 5) is 13.8. The van der Waals surface area contributed by atoms with Crippen molar-refractivity contribution in [2.24, 2.45) is 0 Å². The number of carbonyl (C=O) groups excluding carboxylic acids is 1. The van der Waals surface area contributed by atoms with Crippen LogP contribution in [0.2, 0.25) is 0 Å². The summed E-state index contributed by atoms with van der Waals surface area (Å²) in [5.74, 6) is 0.225. The first-order valence-corrected chi connectivity index (χ1v) is 11.8. The fourth-order valence-electron chi connectivity index (χ4n) is 3.86. The number of unbranched alkanes of at least 4 members (excludes halogenated alkanes) is 15. The second-order valence-corrected chi connectivity index (χ2v) is 8.17. The van der Waals surface area contributed by atoms with Crippen LogP contribution in [0, 0.1) is 0 Å². The smallest absolute Gasteiger partial charge is 0.246 e. The fourth-order valence-corrected chi connectivity index (χ4v) is 3.86. The van der Waals surface area contributed by atoms with Gasteiger partial charge in [0.25, 0.3) is 0 Å². The lowest BCUT2D eigenvalue weighted by molar-refractivity contribution is -0.125. The van der Waals surface area contributed by atoms with Gasteiger partial charge in [0.05, 0.1) is 0 Å². The van der Waals surface area contributed by atoms with Gasteiger partial charge in [-0.2, -0.15) is 0 Å². The van der Waals surface area contributed by atoms with Gasteiger partial charge in [0.1, 0.15) is 0 Å². The summed E-state index contributed by atoms with van der Waals surface area (Å²) >= 11 is 0. The number of amides is 1. The first kappa shape index (κ1) is 23.2. The molecule has 0 unspecified atom stereocenters. The van der Waals surface area contributed by atoms with Crippen LogP contribution in [0.25, 0.3) is 0 Å². The van der Waals surface area contributed by atoms with Crippen molar-refractivity contribution < 1.29 is 4.79 Å². The van der Waals surface area contributed by atoms with Gasteiger partial charge >= 0.3 is 0 Å². The van der Waals surface area contributed by atoms with Gasteiger partial charge < -0.3 is 4.90 Å². The molecule has 1 aliphatic heterocycles. The van der Waals surface area contributed by atoms with E-state index in [1.54, 1.807) is 6.08 Å². The molecule has 0 saturated carbocycles. The molecular formula is C24H45NO. The van der Waals surface area contributed by atoms with E-state index in [1.165, 1.54) is 109 Å². The predicted molar refractivity (Wildman–Crippen MR) is 115 cm³/mol. The van der Waals surface area contributed by atoms with Gasteiger partial charge in [-0.25, -0.2) is 0 Å². The molecule has 1 aliphatic rings. The minimum atomic E-state index is 0.225. The van der Waals surface area contributed by atoms with Crippen molar-refractivity contribution in [3.8, 4) is 0 Å². The molecule has 0 bridgehead atoms. The summed E-state index contributed by atoms with van der Waals surface area (Å²) in [6, 6.07) is 0. The summed E-state index contributed by atoms with van der Waals surface area (Å²) in [5, 5.41) is 0. The maximum Gasteiger partial charge on any atom is 0.246 e. The van der Waals surface area contributed by atoms with Crippen LogP contribution in [-0.2, 0) is 4.79 Å². The number of nitrogens with zero attached hydrogens (tertiary/aromatic N) is 1. The van der Waals surface area contributed by atoms with Crippen molar-refractivity contribution in [3.05, 3.63) is 12.2 Å². The molecule has 0 aromatic heterocycles. The minimum absolute atomic E-state index is 0.225. The van der Waals surface area contributed by atoms with E-state index in [4.69, 9.17) is 0 Å². The average Bonchev–Trinajstić information content (AvgIpc) is 3.19. The first-order valence-electron chi connectivity index (χ1n) is 11.8. The Morgan fingerprint density at radius 3 is 1.58 bits per heavy atom. The molecule has 26 heavy (non-hydrogen) atoms. The highest BCUT2D eigenvalue weighted by molar-refractivity contribution is 5.87. The molecule has 1 heterocycles. The highest BCUT2D eigenvalue weighted by Gasteiger charge is 2.14. The topological polar surface area (TPSA) is 20.3 Å². The van der Waals surface area contributed by atoms with Crippen LogP contribution in [-0.4, -0.2) is 23.9 Å². The van der Waals surface area contributed by atoms with Crippen LogP contribution in [0.3, 0.4) is 0 Å². The van der Waals surface area contributed by atoms with Crippen LogP contribution in [0.5, 0.6) is 0 Å². The third-order valence-corrected chi connectivity index (χ3v) is 5.65. The maximum atomic E-state index is 11.8. The Kier molecular flexibility index (Phi) is 15.8. The Hall–Kier alpha value is -0.790. The fraction of sp³-hybridized carbons (Fsp3) is 0.875. The van der Waals surface area contributed by atoms with Gasteiger partial charge in [-0.1, -0.05) is 103 Å². The Morgan fingerprint density at radius 2 is 1.12 bits per heavy atom. The monoisotopic (exact) mass is 363 g/mol. The Labute approximate surface area is 163 Å². The van der Waals surface area contributed by atoms with Crippen molar-refractivity contribution >= 4 is 5.91 Å². The Balaban J connectivity index is 1.73. The van der Waals surface area contributed by atoms with E-state index in [1.807, 2.05) is 4.90 Å². The van der Waals surface area contributed by atoms with E-state index >= 15 is 0 Å². The van der Waals surface area contributed by atoms with Crippen LogP contribution >= 0.6 is 0 Å². The quantitative estimate of drug-likeness (QED) is 0.194. The molecule has 1 fully saturated rings. The molecule has 2 nitrogen and oxygen atoms in total. The lowest BCUT2D eigenvalue weighted by Crippen LogP contribution is -2.25. The zero-order chi connectivity index (χ0) is 18.7. The molecule has 1 saturated heterocycles. The number of hydrogen-bond acceptors (Lipinski definition) is 1. The van der Waals surface area contributed by atoms with Crippen molar-refractivity contribution in [2.45, 2.75) is 122 Å². The normalized spacial score (nSPS) is 14.6. The summed E-state index contributed by atoms with van der Waals surface area (Å²) in [6.07, 6.45) is 28.4. The number of likely N-dealkylation sites (tertiary alicyclic amines) is 1. The third-order valence-electron chi connectivity index (χ3n) is 5.65. The average molecular weight is 364 g/mol. The SMILES string of the molecule is CCCCCCCCCCCCCCCCC/C=C/C(=O)N1CCCC1. The van der Waals surface area contributed by atoms with E-state index in [-0.39, 0.29) is 5.91 Å². The molecule has 0 atom stereocenters. The molecule has 2 heteroatoms. The number of hydrogen-bond donors (Lipinski definition) is 0. The molecule has 0 radical (unpaired) electrons. The number of allylic oxidation sites excluding steroid dienone is 1. The number of rotatable bonds is 17. The molecule has 0 spiro atoms. The summed E-state index contributed by atoms with van der Waals surface area (Å²) in [7, 11) is 0. The maximum absolute atomic E-state index is 11.8. The van der Waals surface area contributed by atoms with Gasteiger partial charge in [0, 0.05) is 13.1 Å². The van der Waals surface area contributed by atoms with Crippen molar-refractivity contribution in [1.82, 2.24) is 4.90 Å². The van der Waals surface area contributed by atoms with Gasteiger partial charge in [-0.3, -0.25) is 4.79 Å². The van der Waals surface area contributed by atoms with Crippen molar-refractivity contribution in [2.75, 3.05) is 13.1 Å². The van der Waals surface area contributed by atoms with E-state index in [2.05, 4.69) is 13.0 Å². The van der Waals surface area contributed by atoms with Crippen LogP contribution in [0.15, 0.2) is 12.2 Å². The van der Waals surface area contributed by atoms with Crippen molar-refractivity contribution in [3.63, 3.8) is 0 Å². The molecule has 0 aromatic carbocycles. The largest absolute Gasteiger partial charge is 0.339 e. The summed E-state index contributed by atoms with van der Waals surface area (Å²) < 4.78 is 0. The molecule has 1 rings (SSSR count). The van der Waals surface area contributed by atoms with Crippen LogP contribution in [0.1, 0.15) is 122 Å². The highest BCUT2D eigenvalue weighted by Crippen LogP contribution is 2.14. The van der Waals surface area contributed by atoms with Gasteiger partial charge in [-0.05, 0) is 31.8 Å². The predicted octanol–water partition coefficient (Wildman–Crippen LogP) is 7.43. The van der Waals surface area contributed by atoms with Crippen molar-refractivity contribution in [1.29, 1.82) is 0 Å². The lowest BCUT2D eigenvalue weighted by atomic mass is 10.0. The summed E-state index contributed by atoms with van der Waals surface area (Å²) in [5.41, 5.74) is 0. The number of carbonyl (C=O) groups is 1. The lowest BCUT2D eigenvalue weighted by Gasteiger charge is -2.11. The summed E-state index contributed by atoms with van der Waals surface area (Å²) in [6.45, 7) is 4.21. The van der Waals surface area contributed by atoms with E-state index < -0.39 is 0 Å². The molecular weight excluding hydrogens is 318 g/mol.